The highest BCUT2D eigenvalue weighted by Crippen LogP contribution is 2.47. The second-order valence-electron chi connectivity index (χ2n) is 15.1. The number of ether oxygens (including phenoxy) is 3. The first-order valence-electron chi connectivity index (χ1n) is 18.7. The lowest BCUT2D eigenvalue weighted by molar-refractivity contribution is 0.307. The van der Waals surface area contributed by atoms with Gasteiger partial charge in [-0.3, -0.25) is 8.63 Å². The van der Waals surface area contributed by atoms with E-state index in [0.717, 1.165) is 32.6 Å². The zero-order valence-corrected chi connectivity index (χ0v) is 32.9. The van der Waals surface area contributed by atoms with Crippen LogP contribution in [-0.2, 0) is 12.0 Å². The number of hydrogen-bond acceptors (Lipinski definition) is 4. The van der Waals surface area contributed by atoms with Crippen molar-refractivity contribution in [3.8, 4) is 28.5 Å². The van der Waals surface area contributed by atoms with Gasteiger partial charge in [0.1, 0.15) is 23.9 Å². The van der Waals surface area contributed by atoms with Crippen LogP contribution in [0.4, 0.5) is 8.63 Å². The molecule has 5 aromatic carbocycles. The van der Waals surface area contributed by atoms with Gasteiger partial charge in [-0.05, 0) is 103 Å². The number of allylic oxidation sites excluding steroid dienone is 2. The zero-order valence-electron chi connectivity index (χ0n) is 32.9. The molecule has 0 spiro atoms. The monoisotopic (exact) mass is 746 g/mol. The van der Waals surface area contributed by atoms with Gasteiger partial charge in [-0.15, -0.1) is 0 Å². The fourth-order valence-electron chi connectivity index (χ4n) is 7.00. The molecule has 1 aromatic heterocycles. The molecule has 0 bridgehead atoms. The van der Waals surface area contributed by atoms with Gasteiger partial charge in [-0.1, -0.05) is 98.6 Å². The van der Waals surface area contributed by atoms with Gasteiger partial charge in [0, 0.05) is 33.5 Å². The molecule has 0 aliphatic carbocycles. The van der Waals surface area contributed by atoms with E-state index in [1.807, 2.05) is 54.6 Å². The normalized spacial score (nSPS) is 14.6. The van der Waals surface area contributed by atoms with Crippen molar-refractivity contribution in [1.29, 1.82) is 0 Å². The van der Waals surface area contributed by atoms with E-state index in [2.05, 4.69) is 83.1 Å². The standard InChI is InChI=1S/C40H35BF2N2O3.C8H10/c1-40(2,3)29-16-10-25(11-17-29)33-23-34(26-12-18-30(46-4)19-13-26)44-38(33)37-32-8-6-7-9-36(32)48-24-28-22-35(45(39(28)37)41(42)43)27-14-20-31(47-5)21-15-27;1-7-3-5-8(2)6-4-7/h6-23H,24H2,1-5H3;3-6H,1-2H3/b38-37-;. The second-order valence-corrected chi connectivity index (χ2v) is 15.1. The Morgan fingerprint density at radius 3 is 1.80 bits per heavy atom. The lowest BCUT2D eigenvalue weighted by Gasteiger charge is -2.20. The smallest absolute Gasteiger partial charge is 0.497 e. The molecule has 2 aliphatic heterocycles. The minimum absolute atomic E-state index is 0.0307. The summed E-state index contributed by atoms with van der Waals surface area (Å²) in [6.45, 7) is 10.9. The summed E-state index contributed by atoms with van der Waals surface area (Å²) in [6.07, 6.45) is 2.05. The predicted octanol–water partition coefficient (Wildman–Crippen LogP) is 11.8. The minimum atomic E-state index is -2.84. The zero-order chi connectivity index (χ0) is 39.6. The molecule has 5 nitrogen and oxygen atoms in total. The maximum absolute atomic E-state index is 15.5. The molecule has 8 rings (SSSR count). The summed E-state index contributed by atoms with van der Waals surface area (Å²) in [5.41, 5.74) is 11.2. The topological polar surface area (TPSA) is 45.0 Å². The molecule has 6 aromatic rings. The molecule has 0 saturated heterocycles. The summed E-state index contributed by atoms with van der Waals surface area (Å²) in [4.78, 5) is 5.24. The van der Waals surface area contributed by atoms with Gasteiger partial charge in [-0.2, -0.15) is 0 Å². The van der Waals surface area contributed by atoms with Gasteiger partial charge in [0.2, 0.25) is 0 Å². The van der Waals surface area contributed by atoms with Crippen LogP contribution in [0.25, 0.3) is 22.4 Å². The lowest BCUT2D eigenvalue weighted by atomic mass is 9.85. The van der Waals surface area contributed by atoms with E-state index in [0.29, 0.717) is 50.8 Å². The van der Waals surface area contributed by atoms with Gasteiger partial charge in [-0.25, -0.2) is 4.99 Å². The van der Waals surface area contributed by atoms with Crippen LogP contribution in [0, 0.1) is 13.8 Å². The average molecular weight is 747 g/mol. The molecular weight excluding hydrogens is 701 g/mol. The van der Waals surface area contributed by atoms with Gasteiger partial charge in [0.25, 0.3) is 0 Å². The van der Waals surface area contributed by atoms with Crippen LogP contribution in [-0.4, -0.2) is 31.8 Å². The number of halogens is 2. The second kappa shape index (κ2) is 15.9. The highest BCUT2D eigenvalue weighted by Gasteiger charge is 2.35. The van der Waals surface area contributed by atoms with Crippen molar-refractivity contribution in [3.63, 3.8) is 0 Å². The number of nitrogens with zero attached hydrogens (tertiary/aromatic N) is 2. The largest absolute Gasteiger partial charge is 0.678 e. The van der Waals surface area contributed by atoms with Crippen LogP contribution in [0.2, 0.25) is 0 Å². The van der Waals surface area contributed by atoms with E-state index in [9.17, 15) is 0 Å². The molecule has 8 heteroatoms. The van der Waals surface area contributed by atoms with Gasteiger partial charge in [0.15, 0.2) is 0 Å². The lowest BCUT2D eigenvalue weighted by Crippen LogP contribution is -2.18. The Kier molecular flexibility index (Phi) is 10.8. The number of methoxy groups -OCH3 is 2. The van der Waals surface area contributed by atoms with E-state index in [1.54, 1.807) is 44.6 Å². The Hall–Kier alpha value is -6.15. The molecule has 282 valence electrons. The number of hydrogen-bond donors (Lipinski definition) is 0. The fraction of sp³-hybridized carbons (Fsp3) is 0.188. The maximum Gasteiger partial charge on any atom is 0.678 e. The van der Waals surface area contributed by atoms with Crippen molar-refractivity contribution >= 4 is 24.3 Å². The average Bonchev–Trinajstić information content (AvgIpc) is 3.78. The summed E-state index contributed by atoms with van der Waals surface area (Å²) in [7, 11) is 0.374. The van der Waals surface area contributed by atoms with Crippen LogP contribution in [0.1, 0.15) is 65.4 Å². The third-order valence-corrected chi connectivity index (χ3v) is 10.1. The Bertz CT molecular complexity index is 2420. The maximum atomic E-state index is 15.5. The number of rotatable bonds is 6. The van der Waals surface area contributed by atoms with Crippen molar-refractivity contribution in [2.24, 2.45) is 4.99 Å². The van der Waals surface area contributed by atoms with Gasteiger partial charge in [0.05, 0.1) is 31.3 Å². The quantitative estimate of drug-likeness (QED) is 0.159. The number of benzene rings is 5. The van der Waals surface area contributed by atoms with Crippen molar-refractivity contribution in [2.45, 2.75) is 46.6 Å². The Morgan fingerprint density at radius 2 is 1.25 bits per heavy atom. The summed E-state index contributed by atoms with van der Waals surface area (Å²) < 4.78 is 49.1. The summed E-state index contributed by atoms with van der Waals surface area (Å²) in [6, 6.07) is 41.2. The third-order valence-electron chi connectivity index (χ3n) is 10.1. The number of aryl methyl sites for hydroxylation is 2. The van der Waals surface area contributed by atoms with Crippen LogP contribution < -0.4 is 14.2 Å². The molecule has 0 atom stereocenters. The molecule has 0 amide bonds. The van der Waals surface area contributed by atoms with E-state index in [4.69, 9.17) is 19.2 Å². The molecule has 0 N–H and O–H groups in total. The molecule has 0 radical (unpaired) electrons. The SMILES string of the molecule is COc1ccc(C2=N/C(=C3/c4ccccc4OCc4cc(-c5ccc(OC)cc5)n(B(F)F)c43)C(c3ccc(C(C)(C)C)cc3)=C2)cc1.Cc1ccc(C)cc1. The van der Waals surface area contributed by atoms with Gasteiger partial charge >= 0.3 is 7.40 Å². The Labute approximate surface area is 328 Å². The molecule has 0 saturated carbocycles. The minimum Gasteiger partial charge on any atom is -0.497 e. The highest BCUT2D eigenvalue weighted by atomic mass is 19.2. The fourth-order valence-corrected chi connectivity index (χ4v) is 7.00. The van der Waals surface area contributed by atoms with E-state index < -0.39 is 7.40 Å². The van der Waals surface area contributed by atoms with Crippen LogP contribution >= 0.6 is 0 Å². The van der Waals surface area contributed by atoms with Crippen LogP contribution in [0.5, 0.6) is 17.2 Å². The summed E-state index contributed by atoms with van der Waals surface area (Å²) in [5.74, 6) is 1.99. The Balaban J connectivity index is 0.000000536. The van der Waals surface area contributed by atoms with Crippen molar-refractivity contribution in [3.05, 3.63) is 184 Å². The molecule has 0 unspecified atom stereocenters. The molecule has 0 fully saturated rings. The van der Waals surface area contributed by atoms with Crippen molar-refractivity contribution in [2.75, 3.05) is 14.2 Å². The van der Waals surface area contributed by atoms with Crippen LogP contribution in [0.3, 0.4) is 0 Å². The molecule has 2 aliphatic rings. The van der Waals surface area contributed by atoms with Crippen molar-refractivity contribution in [1.82, 2.24) is 4.48 Å². The number of para-hydroxylation sites is 1. The number of aromatic nitrogens is 1. The van der Waals surface area contributed by atoms with Gasteiger partial charge < -0.3 is 18.7 Å². The van der Waals surface area contributed by atoms with E-state index in [1.165, 1.54) is 16.7 Å². The van der Waals surface area contributed by atoms with Crippen molar-refractivity contribution < 1.29 is 22.8 Å². The highest BCUT2D eigenvalue weighted by molar-refractivity contribution is 6.42. The first-order chi connectivity index (χ1) is 26.9. The first-order valence-corrected chi connectivity index (χ1v) is 18.7. The number of fused-ring (bicyclic) bond motifs is 2. The first kappa shape index (κ1) is 38.1. The number of aliphatic imine (C=N–C) groups is 1. The molecular formula is C48H45BF2N2O3. The predicted molar refractivity (Wildman–Crippen MR) is 225 cm³/mol. The molecule has 3 heterocycles. The summed E-state index contributed by atoms with van der Waals surface area (Å²) >= 11 is 0. The summed E-state index contributed by atoms with van der Waals surface area (Å²) in [5, 5.41) is 0. The molecule has 56 heavy (non-hydrogen) atoms. The van der Waals surface area contributed by atoms with E-state index in [-0.39, 0.29) is 12.0 Å². The Morgan fingerprint density at radius 1 is 0.696 bits per heavy atom. The third kappa shape index (κ3) is 7.83. The van der Waals surface area contributed by atoms with E-state index >= 15 is 8.63 Å². The van der Waals surface area contributed by atoms with Crippen LogP contribution in [0.15, 0.2) is 144 Å².